The molecule has 6 bridgehead atoms. The van der Waals surface area contributed by atoms with Crippen LogP contribution in [0.5, 0.6) is 0 Å². The fourth-order valence-electron chi connectivity index (χ4n) is 9.54. The summed E-state index contributed by atoms with van der Waals surface area (Å²) in [4.78, 5) is 15.9. The van der Waals surface area contributed by atoms with Crippen LogP contribution < -0.4 is 0 Å². The molecule has 1 aromatic rings. The van der Waals surface area contributed by atoms with Gasteiger partial charge < -0.3 is 50.2 Å². The molecule has 0 aromatic carbocycles. The minimum atomic E-state index is -2.77. The van der Waals surface area contributed by atoms with Crippen molar-refractivity contribution in [3.05, 3.63) is 24.0 Å². The first-order chi connectivity index (χ1) is 16.3. The van der Waals surface area contributed by atoms with Crippen molar-refractivity contribution < 1.29 is 50.0 Å². The third kappa shape index (κ3) is 1.77. The van der Waals surface area contributed by atoms with Crippen LogP contribution >= 0.6 is 0 Å². The predicted octanol–water partition coefficient (Wildman–Crippen LogP) is -1.07. The zero-order valence-electron chi connectivity index (χ0n) is 20.9. The lowest BCUT2D eigenvalue weighted by atomic mass is 9.52. The lowest BCUT2D eigenvalue weighted by Gasteiger charge is -2.61. The van der Waals surface area contributed by atoms with Crippen molar-refractivity contribution in [2.75, 3.05) is 0 Å². The van der Waals surface area contributed by atoms with Crippen LogP contribution in [0, 0.1) is 16.7 Å². The van der Waals surface area contributed by atoms with Gasteiger partial charge in [0.05, 0.1) is 11.0 Å². The third-order valence-electron chi connectivity index (χ3n) is 11.4. The van der Waals surface area contributed by atoms with Crippen molar-refractivity contribution in [1.82, 2.24) is 4.98 Å². The van der Waals surface area contributed by atoms with Gasteiger partial charge in [-0.1, -0.05) is 20.8 Å². The van der Waals surface area contributed by atoms with E-state index in [0.717, 1.165) is 0 Å². The topological polar surface area (TPSA) is 193 Å². The number of aromatic nitrogens is 1. The van der Waals surface area contributed by atoms with Crippen molar-refractivity contribution in [3.8, 4) is 0 Å². The summed E-state index contributed by atoms with van der Waals surface area (Å²) in [7, 11) is 0. The Morgan fingerprint density at radius 2 is 1.75 bits per heavy atom. The standard InChI is InChI=1S/C25H35NO10/c1-12(2)22(32)16(35-14(27)13-7-6-10-26-13)23(33)18(4)11-21(31)19(22,5)25(23,34)24(36-21)15(28)17(3,29)8-9-20(18,24)30/h6-7,10,12,15-16,26,28-34H,8-9,11H2,1-5H3/t15-,16+,17-,18-,19-,20-,21-,22+,23+,24+,25+/m0/s1. The molecule has 11 atom stereocenters. The second kappa shape index (κ2) is 6.02. The van der Waals surface area contributed by atoms with Gasteiger partial charge in [0, 0.05) is 18.0 Å². The summed E-state index contributed by atoms with van der Waals surface area (Å²) in [5.41, 5.74) is -18.3. The molecule has 0 radical (unpaired) electrons. The maximum Gasteiger partial charge on any atom is 0.355 e. The number of esters is 1. The van der Waals surface area contributed by atoms with Crippen LogP contribution in [0.4, 0.5) is 0 Å². The Balaban J connectivity index is 1.70. The summed E-state index contributed by atoms with van der Waals surface area (Å²) >= 11 is 0. The lowest BCUT2D eigenvalue weighted by molar-refractivity contribution is -0.398. The van der Waals surface area contributed by atoms with Gasteiger partial charge in [0.15, 0.2) is 17.5 Å². The number of hydrogen-bond donors (Lipinski definition) is 8. The Hall–Kier alpha value is -1.57. The summed E-state index contributed by atoms with van der Waals surface area (Å²) in [6, 6.07) is 3.00. The van der Waals surface area contributed by atoms with Gasteiger partial charge in [-0.2, -0.15) is 0 Å². The van der Waals surface area contributed by atoms with E-state index in [2.05, 4.69) is 4.98 Å². The highest BCUT2D eigenvalue weighted by Crippen LogP contribution is 2.90. The molecule has 11 nitrogen and oxygen atoms in total. The molecule has 0 unspecified atom stereocenters. The Labute approximate surface area is 207 Å². The van der Waals surface area contributed by atoms with Crippen LogP contribution in [0.25, 0.3) is 0 Å². The van der Waals surface area contributed by atoms with E-state index < -0.39 is 80.7 Å². The molecule has 36 heavy (non-hydrogen) atoms. The highest BCUT2D eigenvalue weighted by atomic mass is 16.7. The smallest absolute Gasteiger partial charge is 0.355 e. The van der Waals surface area contributed by atoms with E-state index in [1.54, 1.807) is 19.9 Å². The van der Waals surface area contributed by atoms with E-state index in [4.69, 9.17) is 9.47 Å². The molecule has 11 heteroatoms. The molecule has 8 N–H and O–H groups in total. The van der Waals surface area contributed by atoms with Crippen molar-refractivity contribution in [3.63, 3.8) is 0 Å². The number of aliphatic hydroxyl groups excluding tert-OH is 1. The maximum atomic E-state index is 13.2. The molecule has 1 spiro atoms. The number of hydrogen-bond acceptors (Lipinski definition) is 10. The number of rotatable bonds is 3. The summed E-state index contributed by atoms with van der Waals surface area (Å²) in [6.07, 6.45) is -3.09. The number of carbonyl (C=O) groups excluding carboxylic acids is 1. The first kappa shape index (κ1) is 24.7. The van der Waals surface area contributed by atoms with Crippen LogP contribution in [-0.4, -0.2) is 98.3 Å². The second-order valence-corrected chi connectivity index (χ2v) is 12.7. The van der Waals surface area contributed by atoms with Crippen molar-refractivity contribution in [2.45, 2.75) is 105 Å². The van der Waals surface area contributed by atoms with E-state index in [1.165, 1.54) is 33.0 Å². The molecular formula is C25H35NO10. The predicted molar refractivity (Wildman–Crippen MR) is 120 cm³/mol. The van der Waals surface area contributed by atoms with Crippen LogP contribution in [0.3, 0.4) is 0 Å². The minimum Gasteiger partial charge on any atom is -0.451 e. The minimum absolute atomic E-state index is 0.0261. The zero-order chi connectivity index (χ0) is 26.8. The molecule has 0 amide bonds. The average molecular weight is 510 g/mol. The number of aromatic amines is 1. The highest BCUT2D eigenvalue weighted by molar-refractivity contribution is 5.87. The molecule has 7 rings (SSSR count). The fourth-order valence-corrected chi connectivity index (χ4v) is 9.54. The second-order valence-electron chi connectivity index (χ2n) is 12.7. The average Bonchev–Trinajstić information content (AvgIpc) is 3.41. The normalized spacial score (nSPS) is 60.6. The van der Waals surface area contributed by atoms with Crippen molar-refractivity contribution in [1.29, 1.82) is 0 Å². The van der Waals surface area contributed by atoms with Gasteiger partial charge in [-0.05, 0) is 44.7 Å². The molecule has 2 aliphatic heterocycles. The highest BCUT2D eigenvalue weighted by Gasteiger charge is 3.10. The van der Waals surface area contributed by atoms with Gasteiger partial charge in [-0.15, -0.1) is 0 Å². The Kier molecular flexibility index (Phi) is 4.14. The van der Waals surface area contributed by atoms with Crippen molar-refractivity contribution in [2.24, 2.45) is 16.7 Å². The van der Waals surface area contributed by atoms with E-state index in [-0.39, 0.29) is 18.5 Å². The first-order valence-electron chi connectivity index (χ1n) is 12.4. The van der Waals surface area contributed by atoms with E-state index in [0.29, 0.717) is 0 Å². The first-order valence-corrected chi connectivity index (χ1v) is 12.4. The van der Waals surface area contributed by atoms with E-state index >= 15 is 0 Å². The molecule has 4 saturated carbocycles. The zero-order valence-corrected chi connectivity index (χ0v) is 20.9. The number of H-pyrrole nitrogens is 1. The summed E-state index contributed by atoms with van der Waals surface area (Å²) < 4.78 is 11.9. The van der Waals surface area contributed by atoms with E-state index in [1.807, 2.05) is 0 Å². The molecule has 200 valence electrons. The quantitative estimate of drug-likeness (QED) is 0.233. The Bertz CT molecular complexity index is 1170. The molecular weight excluding hydrogens is 474 g/mol. The fraction of sp³-hybridized carbons (Fsp3) is 0.800. The Morgan fingerprint density at radius 1 is 1.11 bits per heavy atom. The Morgan fingerprint density at radius 3 is 2.31 bits per heavy atom. The van der Waals surface area contributed by atoms with E-state index in [9.17, 15) is 40.5 Å². The number of carbonyl (C=O) groups is 1. The van der Waals surface area contributed by atoms with Gasteiger partial charge >= 0.3 is 5.97 Å². The molecule has 6 fully saturated rings. The summed E-state index contributed by atoms with van der Waals surface area (Å²) in [5.74, 6) is -4.14. The third-order valence-corrected chi connectivity index (χ3v) is 11.4. The molecule has 2 saturated heterocycles. The van der Waals surface area contributed by atoms with Gasteiger partial charge in [-0.25, -0.2) is 4.79 Å². The van der Waals surface area contributed by atoms with Gasteiger partial charge in [0.1, 0.15) is 34.2 Å². The lowest BCUT2D eigenvalue weighted by Crippen LogP contribution is -2.78. The number of nitrogens with one attached hydrogen (secondary N) is 1. The van der Waals surface area contributed by atoms with Crippen molar-refractivity contribution >= 4 is 5.97 Å². The van der Waals surface area contributed by atoms with Crippen LogP contribution in [0.1, 0.15) is 64.4 Å². The van der Waals surface area contributed by atoms with Crippen LogP contribution in [0.15, 0.2) is 18.3 Å². The number of ether oxygens (including phenoxy) is 2. The monoisotopic (exact) mass is 509 g/mol. The largest absolute Gasteiger partial charge is 0.451 e. The van der Waals surface area contributed by atoms with Gasteiger partial charge in [0.25, 0.3) is 0 Å². The SMILES string of the molecule is CC(C)[C@@]1(O)[C@@H](OC(=O)c2ccc[nH]2)[C@@]2(O)[C@@]3(C)C[C@]4(O)O[C@@]5([C@@H](O)[C@@](C)(O)CC[C@]35O)[C@@]2(O)[C@]14C. The molecule has 3 heterocycles. The summed E-state index contributed by atoms with van der Waals surface area (Å²) in [5, 5.41) is 85.0. The number of aliphatic hydroxyl groups is 7. The van der Waals surface area contributed by atoms with Crippen LogP contribution in [-0.2, 0) is 9.47 Å². The molecule has 4 aliphatic carbocycles. The van der Waals surface area contributed by atoms with Gasteiger partial charge in [0.2, 0.25) is 0 Å². The van der Waals surface area contributed by atoms with Gasteiger partial charge in [-0.3, -0.25) is 0 Å². The maximum absolute atomic E-state index is 13.2. The van der Waals surface area contributed by atoms with Crippen LogP contribution in [0.2, 0.25) is 0 Å². The summed E-state index contributed by atoms with van der Waals surface area (Å²) in [6.45, 7) is 7.23. The molecule has 6 aliphatic rings. The molecule has 1 aromatic heterocycles.